The molecule has 1 aromatic heterocycles. The molecule has 0 bridgehead atoms. The zero-order chi connectivity index (χ0) is 24.7. The van der Waals surface area contributed by atoms with Crippen LogP contribution in [0.3, 0.4) is 0 Å². The zero-order valence-corrected chi connectivity index (χ0v) is 19.4. The van der Waals surface area contributed by atoms with Gasteiger partial charge < -0.3 is 30.5 Å². The highest BCUT2D eigenvalue weighted by atomic mass is 19.1. The first-order valence-electron chi connectivity index (χ1n) is 10.9. The fraction of sp³-hybridized carbons (Fsp3) is 0.391. The molecule has 182 valence electrons. The molecule has 2 heterocycles. The molecule has 1 atom stereocenters. The topological polar surface area (TPSA) is 116 Å². The highest BCUT2D eigenvalue weighted by Gasteiger charge is 2.26. The third-order valence-corrected chi connectivity index (χ3v) is 5.06. The predicted octanol–water partition coefficient (Wildman–Crippen LogP) is 3.03. The Balaban J connectivity index is 1.57. The van der Waals surface area contributed by atoms with Crippen molar-refractivity contribution in [2.75, 3.05) is 37.8 Å². The summed E-state index contributed by atoms with van der Waals surface area (Å²) in [5, 5.41) is 7.84. The summed E-state index contributed by atoms with van der Waals surface area (Å²) >= 11 is 0. The number of hydrogen-bond acceptors (Lipinski definition) is 5. The van der Waals surface area contributed by atoms with E-state index in [9.17, 15) is 18.8 Å². The zero-order valence-electron chi connectivity index (χ0n) is 19.4. The van der Waals surface area contributed by atoms with Crippen LogP contribution < -0.4 is 20.7 Å². The number of benzene rings is 1. The van der Waals surface area contributed by atoms with E-state index in [4.69, 9.17) is 4.74 Å². The molecule has 1 fully saturated rings. The maximum absolute atomic E-state index is 14.2. The van der Waals surface area contributed by atoms with Gasteiger partial charge >= 0.3 is 12.1 Å². The Morgan fingerprint density at radius 1 is 1.18 bits per heavy atom. The molecule has 34 heavy (non-hydrogen) atoms. The third kappa shape index (κ3) is 7.32. The summed E-state index contributed by atoms with van der Waals surface area (Å²) in [5.41, 5.74) is 1.30. The molecular formula is C23H29FN6O4. The van der Waals surface area contributed by atoms with Gasteiger partial charge in [0.05, 0.1) is 30.7 Å². The first-order chi connectivity index (χ1) is 16.2. The number of urea groups is 2. The minimum Gasteiger partial charge on any atom is -0.488 e. The van der Waals surface area contributed by atoms with Gasteiger partial charge in [-0.05, 0) is 31.0 Å². The molecule has 0 saturated carbocycles. The second-order valence-electron chi connectivity index (χ2n) is 8.21. The van der Waals surface area contributed by atoms with Crippen molar-refractivity contribution in [3.63, 3.8) is 0 Å². The van der Waals surface area contributed by atoms with Gasteiger partial charge in [0.2, 0.25) is 5.91 Å². The van der Waals surface area contributed by atoms with Crippen molar-refractivity contribution in [2.24, 2.45) is 0 Å². The molecule has 1 unspecified atom stereocenters. The van der Waals surface area contributed by atoms with Crippen molar-refractivity contribution in [3.8, 4) is 5.75 Å². The molecule has 0 aliphatic carbocycles. The highest BCUT2D eigenvalue weighted by molar-refractivity contribution is 5.99. The standard InChI is InChI=1S/C23H29FN6O4/c1-15(31)25-12-17-6-7-18(13-26-17)27-22(32)28-19-9-16(24)10-21(11-19)34-20-5-4-8-30(14-20)23(33)29(2)3/h6-7,9-11,13,20H,4-5,8,12,14H2,1-3H3,(H,25,31)(H2,27,28,32). The maximum Gasteiger partial charge on any atom is 0.323 e. The Morgan fingerprint density at radius 3 is 2.62 bits per heavy atom. The van der Waals surface area contributed by atoms with Crippen LogP contribution >= 0.6 is 0 Å². The second kappa shape index (κ2) is 11.3. The van der Waals surface area contributed by atoms with Crippen LogP contribution in [0.25, 0.3) is 0 Å². The van der Waals surface area contributed by atoms with Crippen LogP contribution in [-0.4, -0.2) is 66.0 Å². The molecule has 1 aromatic carbocycles. The second-order valence-corrected chi connectivity index (χ2v) is 8.21. The van der Waals surface area contributed by atoms with Gasteiger partial charge in [-0.1, -0.05) is 0 Å². The van der Waals surface area contributed by atoms with Crippen LogP contribution in [0, 0.1) is 5.82 Å². The molecule has 0 spiro atoms. The molecule has 0 radical (unpaired) electrons. The lowest BCUT2D eigenvalue weighted by molar-refractivity contribution is -0.119. The van der Waals surface area contributed by atoms with Gasteiger partial charge in [0.1, 0.15) is 17.7 Å². The minimum atomic E-state index is -0.576. The number of anilines is 2. The fourth-order valence-corrected chi connectivity index (χ4v) is 3.50. The van der Waals surface area contributed by atoms with Crippen LogP contribution in [0.1, 0.15) is 25.5 Å². The summed E-state index contributed by atoms with van der Waals surface area (Å²) in [4.78, 5) is 42.9. The lowest BCUT2D eigenvalue weighted by Gasteiger charge is -2.34. The van der Waals surface area contributed by atoms with E-state index >= 15 is 0 Å². The van der Waals surface area contributed by atoms with Gasteiger partial charge in [-0.15, -0.1) is 0 Å². The Bertz CT molecular complexity index is 1030. The van der Waals surface area contributed by atoms with Gasteiger partial charge in [-0.25, -0.2) is 14.0 Å². The molecular weight excluding hydrogens is 443 g/mol. The average molecular weight is 473 g/mol. The lowest BCUT2D eigenvalue weighted by Crippen LogP contribution is -2.48. The molecule has 11 heteroatoms. The van der Waals surface area contributed by atoms with E-state index in [1.165, 1.54) is 36.2 Å². The van der Waals surface area contributed by atoms with Crippen LogP contribution in [-0.2, 0) is 11.3 Å². The van der Waals surface area contributed by atoms with Gasteiger partial charge in [-0.2, -0.15) is 0 Å². The van der Waals surface area contributed by atoms with Crippen molar-refractivity contribution in [3.05, 3.63) is 48.0 Å². The van der Waals surface area contributed by atoms with Crippen LogP contribution in [0.4, 0.5) is 25.4 Å². The van der Waals surface area contributed by atoms with Crippen molar-refractivity contribution >= 4 is 29.3 Å². The first-order valence-corrected chi connectivity index (χ1v) is 10.9. The number of halogens is 1. The van der Waals surface area contributed by atoms with Crippen molar-refractivity contribution in [1.82, 2.24) is 20.1 Å². The number of piperidine rings is 1. The highest BCUT2D eigenvalue weighted by Crippen LogP contribution is 2.24. The summed E-state index contributed by atoms with van der Waals surface area (Å²) in [6.45, 7) is 2.76. The summed E-state index contributed by atoms with van der Waals surface area (Å²) in [7, 11) is 3.39. The normalized spacial score (nSPS) is 15.3. The van der Waals surface area contributed by atoms with Gasteiger partial charge in [0, 0.05) is 45.4 Å². The molecule has 2 aromatic rings. The van der Waals surface area contributed by atoms with Crippen LogP contribution in [0.5, 0.6) is 5.75 Å². The third-order valence-electron chi connectivity index (χ3n) is 5.06. The van der Waals surface area contributed by atoms with Crippen LogP contribution in [0.2, 0.25) is 0 Å². The number of ether oxygens (including phenoxy) is 1. The Morgan fingerprint density at radius 2 is 1.94 bits per heavy atom. The number of hydrogen-bond donors (Lipinski definition) is 3. The number of carbonyl (C=O) groups is 3. The molecule has 1 aliphatic heterocycles. The summed E-state index contributed by atoms with van der Waals surface area (Å²) in [6.07, 6.45) is 2.70. The molecule has 3 rings (SSSR count). The maximum atomic E-state index is 14.2. The van der Waals surface area contributed by atoms with E-state index in [2.05, 4.69) is 20.9 Å². The smallest absolute Gasteiger partial charge is 0.323 e. The number of nitrogens with one attached hydrogen (secondary N) is 3. The van der Waals surface area contributed by atoms with Gasteiger partial charge in [-0.3, -0.25) is 9.78 Å². The van der Waals surface area contributed by atoms with Gasteiger partial charge in [0.25, 0.3) is 0 Å². The molecule has 3 N–H and O–H groups in total. The number of aromatic nitrogens is 1. The largest absolute Gasteiger partial charge is 0.488 e. The minimum absolute atomic E-state index is 0.0933. The SMILES string of the molecule is CC(=O)NCc1ccc(NC(=O)Nc2cc(F)cc(OC3CCCN(C(=O)N(C)C)C3)c2)cn1. The Hall–Kier alpha value is -3.89. The number of amides is 5. The fourth-order valence-electron chi connectivity index (χ4n) is 3.50. The van der Waals surface area contributed by atoms with Crippen LogP contribution in [0.15, 0.2) is 36.5 Å². The van der Waals surface area contributed by atoms with Crippen molar-refractivity contribution < 1.29 is 23.5 Å². The monoisotopic (exact) mass is 472 g/mol. The quantitative estimate of drug-likeness (QED) is 0.598. The van der Waals surface area contributed by atoms with E-state index in [1.54, 1.807) is 31.1 Å². The van der Waals surface area contributed by atoms with E-state index in [0.29, 0.717) is 24.5 Å². The molecule has 5 amide bonds. The van der Waals surface area contributed by atoms with Crippen molar-refractivity contribution in [1.29, 1.82) is 0 Å². The Kier molecular flexibility index (Phi) is 8.23. The number of pyridine rings is 1. The summed E-state index contributed by atoms with van der Waals surface area (Å²) < 4.78 is 20.1. The number of likely N-dealkylation sites (tertiary alicyclic amines) is 1. The predicted molar refractivity (Wildman–Crippen MR) is 125 cm³/mol. The molecule has 1 saturated heterocycles. The summed E-state index contributed by atoms with van der Waals surface area (Å²) in [6, 6.07) is 6.61. The summed E-state index contributed by atoms with van der Waals surface area (Å²) in [5.74, 6) is -0.457. The average Bonchev–Trinajstić information content (AvgIpc) is 2.77. The molecule has 10 nitrogen and oxygen atoms in total. The Labute approximate surface area is 197 Å². The van der Waals surface area contributed by atoms with E-state index in [-0.39, 0.29) is 36.0 Å². The number of rotatable bonds is 6. The number of carbonyl (C=O) groups excluding carboxylic acids is 3. The van der Waals surface area contributed by atoms with Gasteiger partial charge in [0.15, 0.2) is 0 Å². The van der Waals surface area contributed by atoms with E-state index in [0.717, 1.165) is 12.8 Å². The van der Waals surface area contributed by atoms with Crippen molar-refractivity contribution in [2.45, 2.75) is 32.4 Å². The lowest BCUT2D eigenvalue weighted by atomic mass is 10.1. The van der Waals surface area contributed by atoms with E-state index < -0.39 is 11.8 Å². The van der Waals surface area contributed by atoms with E-state index in [1.807, 2.05) is 0 Å². The number of nitrogens with zero attached hydrogens (tertiary/aromatic N) is 3. The first kappa shape index (κ1) is 24.7. The molecule has 1 aliphatic rings.